The molecule has 3 rings (SSSR count). The topological polar surface area (TPSA) is 66.5 Å². The van der Waals surface area contributed by atoms with Gasteiger partial charge in [0.05, 0.1) is 18.0 Å². The van der Waals surface area contributed by atoms with Crippen molar-refractivity contribution in [2.24, 2.45) is 0 Å². The van der Waals surface area contributed by atoms with Crippen LogP contribution in [0.1, 0.15) is 75.3 Å². The van der Waals surface area contributed by atoms with Crippen LogP contribution in [0.3, 0.4) is 0 Å². The second kappa shape index (κ2) is 9.65. The van der Waals surface area contributed by atoms with Gasteiger partial charge in [0.25, 0.3) is 0 Å². The average Bonchev–Trinajstić information content (AvgIpc) is 2.74. The summed E-state index contributed by atoms with van der Waals surface area (Å²) in [5, 5.41) is 3.05. The summed E-state index contributed by atoms with van der Waals surface area (Å²) in [6, 6.07) is 13.7. The summed E-state index contributed by atoms with van der Waals surface area (Å²) in [7, 11) is -3.61. The SMILES string of the molecule is CC[C@@H](NC(=O)CN(c1ccc(C(C)(C)C)cc1)S(C)(=O)=O)c1ccc2c(c1)CCCC2. The van der Waals surface area contributed by atoms with E-state index in [-0.39, 0.29) is 23.9 Å². The zero-order valence-electron chi connectivity index (χ0n) is 19.9. The van der Waals surface area contributed by atoms with Crippen LogP contribution in [-0.4, -0.2) is 27.1 Å². The molecule has 1 amide bonds. The van der Waals surface area contributed by atoms with E-state index in [0.29, 0.717) is 5.69 Å². The normalized spacial score (nSPS) is 15.0. The second-order valence-electron chi connectivity index (χ2n) is 9.83. The van der Waals surface area contributed by atoms with Crippen LogP contribution in [0.4, 0.5) is 5.69 Å². The molecule has 5 nitrogen and oxygen atoms in total. The number of nitrogens with one attached hydrogen (secondary N) is 1. The Labute approximate surface area is 193 Å². The number of aryl methyl sites for hydroxylation is 2. The zero-order chi connectivity index (χ0) is 23.5. The van der Waals surface area contributed by atoms with E-state index in [9.17, 15) is 13.2 Å². The molecule has 6 heteroatoms. The summed E-state index contributed by atoms with van der Waals surface area (Å²) in [5.74, 6) is -0.306. The van der Waals surface area contributed by atoms with Crippen LogP contribution in [0.15, 0.2) is 42.5 Å². The van der Waals surface area contributed by atoms with Crippen LogP contribution < -0.4 is 9.62 Å². The maximum absolute atomic E-state index is 12.9. The number of carbonyl (C=O) groups is 1. The summed E-state index contributed by atoms with van der Waals surface area (Å²) in [6.45, 7) is 8.11. The van der Waals surface area contributed by atoms with Gasteiger partial charge in [-0.3, -0.25) is 9.10 Å². The molecule has 0 fully saturated rings. The van der Waals surface area contributed by atoms with Gasteiger partial charge in [0.15, 0.2) is 0 Å². The van der Waals surface area contributed by atoms with Crippen molar-refractivity contribution in [3.63, 3.8) is 0 Å². The van der Waals surface area contributed by atoms with Crippen molar-refractivity contribution in [1.82, 2.24) is 5.32 Å². The number of fused-ring (bicyclic) bond motifs is 1. The Bertz CT molecular complexity index is 1050. The van der Waals surface area contributed by atoms with E-state index in [1.165, 1.54) is 28.3 Å². The quantitative estimate of drug-likeness (QED) is 0.645. The van der Waals surface area contributed by atoms with Crippen molar-refractivity contribution >= 4 is 21.6 Å². The molecule has 1 aliphatic carbocycles. The Hall–Kier alpha value is -2.34. The van der Waals surface area contributed by atoms with Crippen LogP contribution in [-0.2, 0) is 33.1 Å². The van der Waals surface area contributed by atoms with Crippen LogP contribution in [0.5, 0.6) is 0 Å². The molecule has 0 bridgehead atoms. The molecule has 0 aliphatic heterocycles. The number of sulfonamides is 1. The van der Waals surface area contributed by atoms with Crippen molar-refractivity contribution in [3.05, 3.63) is 64.7 Å². The monoisotopic (exact) mass is 456 g/mol. The smallest absolute Gasteiger partial charge is 0.241 e. The minimum atomic E-state index is -3.61. The molecule has 1 aliphatic rings. The molecule has 1 atom stereocenters. The molecule has 0 saturated carbocycles. The van der Waals surface area contributed by atoms with E-state index >= 15 is 0 Å². The summed E-state index contributed by atoms with van der Waals surface area (Å²) in [4.78, 5) is 12.9. The highest BCUT2D eigenvalue weighted by Crippen LogP contribution is 2.27. The van der Waals surface area contributed by atoms with Gasteiger partial charge in [-0.25, -0.2) is 8.42 Å². The molecular formula is C26H36N2O3S. The van der Waals surface area contributed by atoms with Gasteiger partial charge in [-0.05, 0) is 71.9 Å². The van der Waals surface area contributed by atoms with Crippen LogP contribution in [0.25, 0.3) is 0 Å². The van der Waals surface area contributed by atoms with Gasteiger partial charge >= 0.3 is 0 Å². The van der Waals surface area contributed by atoms with Crippen molar-refractivity contribution < 1.29 is 13.2 Å². The van der Waals surface area contributed by atoms with Gasteiger partial charge in [0, 0.05) is 0 Å². The Morgan fingerprint density at radius 3 is 2.22 bits per heavy atom. The molecule has 1 N–H and O–H groups in total. The Morgan fingerprint density at radius 2 is 1.66 bits per heavy atom. The first kappa shape index (κ1) is 24.3. The summed E-state index contributed by atoms with van der Waals surface area (Å²) < 4.78 is 26.1. The third-order valence-corrected chi connectivity index (χ3v) is 7.37. The number of benzene rings is 2. The van der Waals surface area contributed by atoms with E-state index in [1.807, 2.05) is 19.1 Å². The molecule has 2 aromatic rings. The number of rotatable bonds is 7. The molecule has 0 saturated heterocycles. The third kappa shape index (κ3) is 5.91. The van der Waals surface area contributed by atoms with Crippen molar-refractivity contribution in [2.75, 3.05) is 17.1 Å². The van der Waals surface area contributed by atoms with Crippen LogP contribution in [0, 0.1) is 0 Å². The first-order chi connectivity index (χ1) is 15.0. The molecule has 0 aromatic heterocycles. The van der Waals surface area contributed by atoms with Gasteiger partial charge in [-0.2, -0.15) is 0 Å². The van der Waals surface area contributed by atoms with Crippen molar-refractivity contribution in [3.8, 4) is 0 Å². The third-order valence-electron chi connectivity index (χ3n) is 6.23. The lowest BCUT2D eigenvalue weighted by molar-refractivity contribution is -0.120. The number of hydrogen-bond acceptors (Lipinski definition) is 3. The largest absolute Gasteiger partial charge is 0.348 e. The zero-order valence-corrected chi connectivity index (χ0v) is 20.8. The summed E-state index contributed by atoms with van der Waals surface area (Å²) in [6.07, 6.45) is 6.52. The van der Waals surface area contributed by atoms with Gasteiger partial charge in [-0.1, -0.05) is 58.0 Å². The van der Waals surface area contributed by atoms with Gasteiger partial charge < -0.3 is 5.32 Å². The molecule has 0 heterocycles. The maximum atomic E-state index is 12.9. The van der Waals surface area contributed by atoms with E-state index < -0.39 is 10.0 Å². The fourth-order valence-electron chi connectivity index (χ4n) is 4.29. The lowest BCUT2D eigenvalue weighted by Crippen LogP contribution is -2.41. The lowest BCUT2D eigenvalue weighted by atomic mass is 9.87. The molecule has 0 radical (unpaired) electrons. The molecule has 32 heavy (non-hydrogen) atoms. The molecule has 2 aromatic carbocycles. The molecule has 0 spiro atoms. The van der Waals surface area contributed by atoms with Gasteiger partial charge in [0.2, 0.25) is 15.9 Å². The number of anilines is 1. The number of amides is 1. The fraction of sp³-hybridized carbons (Fsp3) is 0.500. The van der Waals surface area contributed by atoms with Crippen molar-refractivity contribution in [2.45, 2.75) is 71.3 Å². The van der Waals surface area contributed by atoms with Gasteiger partial charge in [0.1, 0.15) is 6.54 Å². The molecular weight excluding hydrogens is 420 g/mol. The highest BCUT2D eigenvalue weighted by Gasteiger charge is 2.24. The van der Waals surface area contributed by atoms with Crippen LogP contribution in [0.2, 0.25) is 0 Å². The lowest BCUT2D eigenvalue weighted by Gasteiger charge is -2.26. The first-order valence-electron chi connectivity index (χ1n) is 11.5. The Kier molecular flexibility index (Phi) is 7.33. The number of carbonyl (C=O) groups excluding carboxylic acids is 1. The molecule has 0 unspecified atom stereocenters. The van der Waals surface area contributed by atoms with E-state index in [1.54, 1.807) is 12.1 Å². The average molecular weight is 457 g/mol. The standard InChI is InChI=1S/C26H36N2O3S/c1-6-24(21-12-11-19-9-7-8-10-20(19)17-21)27-25(29)18-28(32(5,30)31)23-15-13-22(14-16-23)26(2,3)4/h11-17,24H,6-10,18H2,1-5H3,(H,27,29)/t24-/m1/s1. The highest BCUT2D eigenvalue weighted by molar-refractivity contribution is 7.92. The van der Waals surface area contributed by atoms with E-state index in [0.717, 1.165) is 36.6 Å². The van der Waals surface area contributed by atoms with Gasteiger partial charge in [-0.15, -0.1) is 0 Å². The summed E-state index contributed by atoms with van der Waals surface area (Å²) >= 11 is 0. The molecule has 174 valence electrons. The summed E-state index contributed by atoms with van der Waals surface area (Å²) in [5.41, 5.74) is 5.44. The minimum Gasteiger partial charge on any atom is -0.348 e. The fourth-order valence-corrected chi connectivity index (χ4v) is 5.15. The Morgan fingerprint density at radius 1 is 1.03 bits per heavy atom. The van der Waals surface area contributed by atoms with Crippen LogP contribution >= 0.6 is 0 Å². The maximum Gasteiger partial charge on any atom is 0.241 e. The first-order valence-corrected chi connectivity index (χ1v) is 13.3. The number of nitrogens with zero attached hydrogens (tertiary/aromatic N) is 1. The van der Waals surface area contributed by atoms with E-state index in [4.69, 9.17) is 0 Å². The van der Waals surface area contributed by atoms with E-state index in [2.05, 4.69) is 44.3 Å². The Balaban J connectivity index is 1.76. The predicted octanol–water partition coefficient (Wildman–Crippen LogP) is 4.90. The number of hydrogen-bond donors (Lipinski definition) is 1. The highest BCUT2D eigenvalue weighted by atomic mass is 32.2. The van der Waals surface area contributed by atoms with Crippen molar-refractivity contribution in [1.29, 1.82) is 0 Å². The second-order valence-corrected chi connectivity index (χ2v) is 11.7. The predicted molar refractivity (Wildman–Crippen MR) is 132 cm³/mol. The minimum absolute atomic E-state index is 0.0327.